The van der Waals surface area contributed by atoms with Crippen molar-refractivity contribution in [2.24, 2.45) is 0 Å². The Morgan fingerprint density at radius 3 is 2.39 bits per heavy atom. The lowest BCUT2D eigenvalue weighted by molar-refractivity contribution is -0.137. The average Bonchev–Trinajstić information content (AvgIpc) is 2.42. The van der Waals surface area contributed by atoms with E-state index in [9.17, 15) is 9.59 Å². The molecule has 0 aliphatic carbocycles. The molecule has 3 N–H and O–H groups in total. The van der Waals surface area contributed by atoms with Crippen LogP contribution in [0, 0.1) is 5.41 Å². The summed E-state index contributed by atoms with van der Waals surface area (Å²) in [6.45, 7) is 5.19. The Morgan fingerprint density at radius 2 is 1.87 bits per heavy atom. The van der Waals surface area contributed by atoms with Crippen molar-refractivity contribution in [3.63, 3.8) is 0 Å². The Labute approximate surface area is 135 Å². The molecule has 0 aliphatic rings. The van der Waals surface area contributed by atoms with Gasteiger partial charge in [0.1, 0.15) is 18.2 Å². The fraction of sp³-hybridized carbons (Fsp3) is 0.438. The average molecular weight is 322 g/mol. The highest BCUT2D eigenvalue weighted by molar-refractivity contribution is 5.87. The number of amides is 1. The number of carbonyl (C=O) groups excluding carboxylic acids is 1. The minimum absolute atomic E-state index is 0.117. The summed E-state index contributed by atoms with van der Waals surface area (Å²) in [6.07, 6.45) is -1.26. The topological polar surface area (TPSA) is 109 Å². The number of carboxylic acid groups (broad SMARTS) is 1. The molecule has 7 heteroatoms. The van der Waals surface area contributed by atoms with Crippen molar-refractivity contribution in [2.75, 3.05) is 0 Å². The molecule has 1 amide bonds. The number of benzene rings is 1. The monoisotopic (exact) mass is 322 g/mol. The van der Waals surface area contributed by atoms with Gasteiger partial charge in [0.25, 0.3) is 0 Å². The molecule has 0 bridgehead atoms. The molecule has 23 heavy (non-hydrogen) atoms. The van der Waals surface area contributed by atoms with E-state index in [2.05, 4.69) is 5.32 Å². The molecule has 1 unspecified atom stereocenters. The van der Waals surface area contributed by atoms with Crippen molar-refractivity contribution in [1.29, 1.82) is 5.41 Å². The third kappa shape index (κ3) is 7.85. The molecule has 0 spiro atoms. The Balaban J connectivity index is 2.63. The van der Waals surface area contributed by atoms with Crippen LogP contribution in [0.15, 0.2) is 30.3 Å². The van der Waals surface area contributed by atoms with Crippen LogP contribution in [0.5, 0.6) is 0 Å². The van der Waals surface area contributed by atoms with Crippen molar-refractivity contribution >= 4 is 18.0 Å². The smallest absolute Gasteiger partial charge is 0.408 e. The number of rotatable bonds is 6. The van der Waals surface area contributed by atoms with Gasteiger partial charge in [0.2, 0.25) is 5.90 Å². The standard InChI is InChI=1S/C16H22N2O5/c1-16(2,3)23-15(21)18-12(9-13(19)20)14(17)22-10-11-7-5-4-6-8-11/h4-8,12,17H,9-10H2,1-3H3,(H,18,21)(H,19,20). The first kappa shape index (κ1) is 18.5. The van der Waals surface area contributed by atoms with Gasteiger partial charge < -0.3 is 19.9 Å². The summed E-state index contributed by atoms with van der Waals surface area (Å²) in [4.78, 5) is 22.7. The van der Waals surface area contributed by atoms with Crippen LogP contribution >= 0.6 is 0 Å². The summed E-state index contributed by atoms with van der Waals surface area (Å²) in [5.41, 5.74) is 0.119. The van der Waals surface area contributed by atoms with E-state index in [-0.39, 0.29) is 12.5 Å². The summed E-state index contributed by atoms with van der Waals surface area (Å²) in [7, 11) is 0. The third-order valence-corrected chi connectivity index (χ3v) is 2.62. The van der Waals surface area contributed by atoms with Gasteiger partial charge in [0, 0.05) is 0 Å². The minimum Gasteiger partial charge on any atom is -0.481 e. The van der Waals surface area contributed by atoms with Gasteiger partial charge in [-0.1, -0.05) is 30.3 Å². The van der Waals surface area contributed by atoms with E-state index in [1.165, 1.54) is 0 Å². The summed E-state index contributed by atoms with van der Waals surface area (Å²) in [6, 6.07) is 8.06. The van der Waals surface area contributed by atoms with E-state index in [1.54, 1.807) is 20.8 Å². The van der Waals surface area contributed by atoms with Crippen molar-refractivity contribution in [2.45, 2.75) is 45.4 Å². The summed E-state index contributed by atoms with van der Waals surface area (Å²) >= 11 is 0. The maximum atomic E-state index is 11.8. The molecule has 0 saturated heterocycles. The predicted octanol–water partition coefficient (Wildman–Crippen LogP) is 2.55. The highest BCUT2D eigenvalue weighted by Crippen LogP contribution is 2.08. The molecule has 0 fully saturated rings. The van der Waals surface area contributed by atoms with Crippen molar-refractivity contribution < 1.29 is 24.2 Å². The predicted molar refractivity (Wildman–Crippen MR) is 84.4 cm³/mol. The zero-order valence-electron chi connectivity index (χ0n) is 13.5. The van der Waals surface area contributed by atoms with Gasteiger partial charge in [-0.25, -0.2) is 4.79 Å². The van der Waals surface area contributed by atoms with Crippen LogP contribution in [0.2, 0.25) is 0 Å². The molecule has 0 aromatic heterocycles. The number of carboxylic acids is 1. The molecule has 0 heterocycles. The minimum atomic E-state index is -1.15. The second kappa shape index (κ2) is 8.17. The summed E-state index contributed by atoms with van der Waals surface area (Å²) < 4.78 is 10.3. The van der Waals surface area contributed by atoms with Gasteiger partial charge in [-0.3, -0.25) is 10.2 Å². The number of carbonyl (C=O) groups is 2. The van der Waals surface area contributed by atoms with Crippen LogP contribution in [-0.4, -0.2) is 34.7 Å². The lowest BCUT2D eigenvalue weighted by Crippen LogP contribution is -2.45. The van der Waals surface area contributed by atoms with Crippen molar-refractivity contribution in [1.82, 2.24) is 5.32 Å². The Kier molecular flexibility index (Phi) is 6.56. The second-order valence-electron chi connectivity index (χ2n) is 5.94. The zero-order chi connectivity index (χ0) is 17.5. The quantitative estimate of drug-likeness (QED) is 0.551. The fourth-order valence-corrected chi connectivity index (χ4v) is 1.67. The van der Waals surface area contributed by atoms with Crippen LogP contribution in [0.4, 0.5) is 4.79 Å². The number of nitrogens with one attached hydrogen (secondary N) is 2. The molecule has 0 radical (unpaired) electrons. The lowest BCUT2D eigenvalue weighted by atomic mass is 10.2. The molecule has 1 atom stereocenters. The van der Waals surface area contributed by atoms with Crippen LogP contribution in [-0.2, 0) is 20.9 Å². The second-order valence-corrected chi connectivity index (χ2v) is 5.94. The Hall–Kier alpha value is -2.57. The molecule has 0 aliphatic heterocycles. The van der Waals surface area contributed by atoms with Gasteiger partial charge in [-0.05, 0) is 26.3 Å². The molecular weight excluding hydrogens is 300 g/mol. The number of ether oxygens (including phenoxy) is 2. The Morgan fingerprint density at radius 1 is 1.26 bits per heavy atom. The number of alkyl carbamates (subject to hydrolysis) is 1. The zero-order valence-corrected chi connectivity index (χ0v) is 13.5. The van der Waals surface area contributed by atoms with E-state index < -0.39 is 30.1 Å². The van der Waals surface area contributed by atoms with Crippen LogP contribution in [0.25, 0.3) is 0 Å². The first-order valence-electron chi connectivity index (χ1n) is 7.14. The number of hydrogen-bond acceptors (Lipinski definition) is 5. The highest BCUT2D eigenvalue weighted by Gasteiger charge is 2.25. The molecule has 1 aromatic carbocycles. The van der Waals surface area contributed by atoms with Crippen molar-refractivity contribution in [3.8, 4) is 0 Å². The molecule has 0 saturated carbocycles. The fourth-order valence-electron chi connectivity index (χ4n) is 1.67. The maximum Gasteiger partial charge on any atom is 0.408 e. The maximum absolute atomic E-state index is 11.8. The first-order valence-corrected chi connectivity index (χ1v) is 7.14. The van der Waals surface area contributed by atoms with Gasteiger partial charge in [-0.15, -0.1) is 0 Å². The molecule has 7 nitrogen and oxygen atoms in total. The summed E-state index contributed by atoms with van der Waals surface area (Å²) in [5.74, 6) is -1.48. The SMILES string of the molecule is CC(C)(C)OC(=O)NC(CC(=O)O)C(=N)OCc1ccccc1. The van der Waals surface area contributed by atoms with Gasteiger partial charge in [0.05, 0.1) is 6.42 Å². The van der Waals surface area contributed by atoms with Gasteiger partial charge >= 0.3 is 12.1 Å². The third-order valence-electron chi connectivity index (χ3n) is 2.62. The number of aliphatic carboxylic acids is 1. The molecule has 1 aromatic rings. The van der Waals surface area contributed by atoms with E-state index in [4.69, 9.17) is 20.0 Å². The Bertz CT molecular complexity index is 551. The van der Waals surface area contributed by atoms with E-state index in [0.29, 0.717) is 0 Å². The highest BCUT2D eigenvalue weighted by atomic mass is 16.6. The first-order chi connectivity index (χ1) is 10.7. The molecular formula is C16H22N2O5. The molecule has 126 valence electrons. The summed E-state index contributed by atoms with van der Waals surface area (Å²) in [5, 5.41) is 19.1. The van der Waals surface area contributed by atoms with E-state index in [1.807, 2.05) is 30.3 Å². The van der Waals surface area contributed by atoms with Gasteiger partial charge in [0.15, 0.2) is 0 Å². The van der Waals surface area contributed by atoms with Crippen molar-refractivity contribution in [3.05, 3.63) is 35.9 Å². The largest absolute Gasteiger partial charge is 0.481 e. The van der Waals surface area contributed by atoms with Crippen LogP contribution < -0.4 is 5.32 Å². The normalized spacial score (nSPS) is 12.1. The lowest BCUT2D eigenvalue weighted by Gasteiger charge is -2.23. The van der Waals surface area contributed by atoms with E-state index >= 15 is 0 Å². The number of hydrogen-bond donors (Lipinski definition) is 3. The van der Waals surface area contributed by atoms with Crippen LogP contribution in [0.1, 0.15) is 32.8 Å². The van der Waals surface area contributed by atoms with Crippen LogP contribution in [0.3, 0.4) is 0 Å². The molecule has 1 rings (SSSR count). The van der Waals surface area contributed by atoms with E-state index in [0.717, 1.165) is 5.56 Å². The van der Waals surface area contributed by atoms with Gasteiger partial charge in [-0.2, -0.15) is 0 Å².